The lowest BCUT2D eigenvalue weighted by molar-refractivity contribution is 0.0493. The second-order valence-electron chi connectivity index (χ2n) is 6.04. The number of rotatable bonds is 9. The summed E-state index contributed by atoms with van der Waals surface area (Å²) in [6, 6.07) is 7.23. The van der Waals surface area contributed by atoms with Crippen molar-refractivity contribution in [1.82, 2.24) is 0 Å². The third-order valence-electron chi connectivity index (χ3n) is 4.30. The molecule has 5 nitrogen and oxygen atoms in total. The quantitative estimate of drug-likeness (QED) is 0.383. The predicted molar refractivity (Wildman–Crippen MR) is 100 cm³/mol. The van der Waals surface area contributed by atoms with E-state index in [-0.39, 0.29) is 5.56 Å². The highest BCUT2D eigenvalue weighted by Crippen LogP contribution is 2.22. The fourth-order valence-corrected chi connectivity index (χ4v) is 2.80. The number of hydrogen-bond donors (Lipinski definition) is 0. The molecule has 5 heteroatoms. The molecular weight excluding hydrogens is 318 g/mol. The Balaban J connectivity index is 2.17. The molecule has 0 fully saturated rings. The highest BCUT2D eigenvalue weighted by Gasteiger charge is 2.15. The fourth-order valence-electron chi connectivity index (χ4n) is 2.80. The number of unbranched alkanes of at least 4 members (excludes halogenated alkanes) is 3. The minimum atomic E-state index is -0.650. The summed E-state index contributed by atoms with van der Waals surface area (Å²) in [7, 11) is 0. The van der Waals surface area contributed by atoms with Crippen LogP contribution >= 0.6 is 0 Å². The third kappa shape index (κ3) is 4.84. The van der Waals surface area contributed by atoms with E-state index in [0.717, 1.165) is 44.5 Å². The number of anilines is 1. The normalized spacial score (nSPS) is 10.8. The molecule has 0 N–H and O–H groups in total. The molecule has 0 saturated heterocycles. The lowest BCUT2D eigenvalue weighted by Gasteiger charge is -2.20. The van der Waals surface area contributed by atoms with Crippen LogP contribution in [0.1, 0.15) is 56.8 Å². The zero-order valence-corrected chi connectivity index (χ0v) is 15.3. The molecule has 0 radical (unpaired) electrons. The van der Waals surface area contributed by atoms with E-state index < -0.39 is 11.6 Å². The first-order valence-electron chi connectivity index (χ1n) is 9.10. The van der Waals surface area contributed by atoms with E-state index in [1.165, 1.54) is 0 Å². The second kappa shape index (κ2) is 9.25. The Bertz CT molecular complexity index is 762. The van der Waals surface area contributed by atoms with Crippen LogP contribution in [0.2, 0.25) is 0 Å². The van der Waals surface area contributed by atoms with E-state index in [2.05, 4.69) is 25.7 Å². The van der Waals surface area contributed by atoms with Crippen molar-refractivity contribution in [3.8, 4) is 0 Å². The van der Waals surface area contributed by atoms with Gasteiger partial charge in [0.2, 0.25) is 0 Å². The van der Waals surface area contributed by atoms with E-state index in [9.17, 15) is 9.59 Å². The number of esters is 1. The van der Waals surface area contributed by atoms with Gasteiger partial charge < -0.3 is 14.1 Å². The van der Waals surface area contributed by atoms with Crippen molar-refractivity contribution in [2.24, 2.45) is 0 Å². The zero-order valence-electron chi connectivity index (χ0n) is 15.3. The Morgan fingerprint density at radius 1 is 1.08 bits per heavy atom. The van der Waals surface area contributed by atoms with Gasteiger partial charge in [0.25, 0.3) is 0 Å². The minimum Gasteiger partial charge on any atom is -0.462 e. The molecule has 0 saturated carbocycles. The van der Waals surface area contributed by atoms with Crippen molar-refractivity contribution in [2.45, 2.75) is 46.5 Å². The molecule has 0 bridgehead atoms. The average molecular weight is 345 g/mol. The first kappa shape index (κ1) is 19.0. The first-order valence-corrected chi connectivity index (χ1v) is 9.10. The van der Waals surface area contributed by atoms with Gasteiger partial charge in [-0.25, -0.2) is 9.59 Å². The van der Waals surface area contributed by atoms with Crippen LogP contribution < -0.4 is 10.5 Å². The van der Waals surface area contributed by atoms with Crippen LogP contribution in [-0.2, 0) is 4.74 Å². The van der Waals surface area contributed by atoms with Crippen LogP contribution in [0.25, 0.3) is 11.0 Å². The summed E-state index contributed by atoms with van der Waals surface area (Å²) in [5, 5.41) is 0.716. The Hall–Kier alpha value is -2.30. The first-order chi connectivity index (χ1) is 12.1. The molecule has 2 aromatic rings. The largest absolute Gasteiger partial charge is 0.462 e. The molecule has 25 heavy (non-hydrogen) atoms. The molecule has 0 unspecified atom stereocenters. The topological polar surface area (TPSA) is 59.8 Å². The fraction of sp³-hybridized carbons (Fsp3) is 0.500. The number of carbonyl (C=O) groups is 1. The van der Waals surface area contributed by atoms with Gasteiger partial charge in [-0.05, 0) is 38.5 Å². The van der Waals surface area contributed by atoms with E-state index in [4.69, 9.17) is 9.15 Å². The van der Waals surface area contributed by atoms with Gasteiger partial charge in [-0.1, -0.05) is 26.2 Å². The maximum atomic E-state index is 12.1. The van der Waals surface area contributed by atoms with Gasteiger partial charge >= 0.3 is 11.6 Å². The maximum Gasteiger partial charge on any atom is 0.351 e. The summed E-state index contributed by atoms with van der Waals surface area (Å²) in [5.74, 6) is -0.611. The van der Waals surface area contributed by atoms with Crippen LogP contribution in [0.4, 0.5) is 5.69 Å². The number of fused-ring (bicyclic) bond motifs is 1. The van der Waals surface area contributed by atoms with Crippen LogP contribution in [-0.4, -0.2) is 25.7 Å². The summed E-state index contributed by atoms with van der Waals surface area (Å²) in [6.07, 6.45) is 4.07. The number of benzene rings is 1. The summed E-state index contributed by atoms with van der Waals surface area (Å²) < 4.78 is 10.5. The predicted octanol–water partition coefficient (Wildman–Crippen LogP) is 4.38. The van der Waals surface area contributed by atoms with Gasteiger partial charge in [-0.2, -0.15) is 0 Å². The molecular formula is C20H27NO4. The van der Waals surface area contributed by atoms with Crippen LogP contribution in [0.5, 0.6) is 0 Å². The van der Waals surface area contributed by atoms with Crippen molar-refractivity contribution in [3.63, 3.8) is 0 Å². The third-order valence-corrected chi connectivity index (χ3v) is 4.30. The van der Waals surface area contributed by atoms with Gasteiger partial charge in [0.05, 0.1) is 6.61 Å². The van der Waals surface area contributed by atoms with E-state index in [1.807, 2.05) is 18.2 Å². The smallest absolute Gasteiger partial charge is 0.351 e. The molecule has 0 atom stereocenters. The standard InChI is InChI=1S/C20H27NO4/c1-4-7-8-9-12-24-19(22)17-13-15-10-11-16(21(5-2)6-3)14-18(15)25-20(17)23/h10-11,13-14H,4-9,12H2,1-3H3. The SMILES string of the molecule is CCCCCCOC(=O)c1cc2ccc(N(CC)CC)cc2oc1=O. The molecule has 0 spiro atoms. The lowest BCUT2D eigenvalue weighted by atomic mass is 10.1. The lowest BCUT2D eigenvalue weighted by Crippen LogP contribution is -2.21. The van der Waals surface area contributed by atoms with Gasteiger partial charge in [0.1, 0.15) is 11.1 Å². The average Bonchev–Trinajstić information content (AvgIpc) is 2.61. The summed E-state index contributed by atoms with van der Waals surface area (Å²) >= 11 is 0. The van der Waals surface area contributed by atoms with Gasteiger partial charge in [-0.15, -0.1) is 0 Å². The molecule has 0 aliphatic heterocycles. The monoisotopic (exact) mass is 345 g/mol. The summed E-state index contributed by atoms with van der Waals surface area (Å²) in [4.78, 5) is 26.4. The summed E-state index contributed by atoms with van der Waals surface area (Å²) in [5.41, 5.74) is 0.780. The highest BCUT2D eigenvalue weighted by molar-refractivity contribution is 5.93. The second-order valence-corrected chi connectivity index (χ2v) is 6.04. The molecule has 0 aliphatic carbocycles. The molecule has 0 aliphatic rings. The van der Waals surface area contributed by atoms with Crippen LogP contribution in [0.3, 0.4) is 0 Å². The van der Waals surface area contributed by atoms with Crippen molar-refractivity contribution in [2.75, 3.05) is 24.6 Å². The highest BCUT2D eigenvalue weighted by atomic mass is 16.5. The molecule has 136 valence electrons. The molecule has 0 amide bonds. The van der Waals surface area contributed by atoms with Crippen LogP contribution in [0, 0.1) is 0 Å². The number of carbonyl (C=O) groups excluding carboxylic acids is 1. The molecule has 1 heterocycles. The Kier molecular flexibility index (Phi) is 7.04. The van der Waals surface area contributed by atoms with E-state index in [0.29, 0.717) is 17.6 Å². The van der Waals surface area contributed by atoms with E-state index in [1.54, 1.807) is 6.07 Å². The molecule has 1 aromatic carbocycles. The van der Waals surface area contributed by atoms with Crippen LogP contribution in [0.15, 0.2) is 33.5 Å². The zero-order chi connectivity index (χ0) is 18.2. The van der Waals surface area contributed by atoms with Gasteiger partial charge in [0, 0.05) is 30.2 Å². The van der Waals surface area contributed by atoms with Gasteiger partial charge in [-0.3, -0.25) is 0 Å². The number of hydrogen-bond acceptors (Lipinski definition) is 5. The summed E-state index contributed by atoms with van der Waals surface area (Å²) in [6.45, 7) is 8.34. The maximum absolute atomic E-state index is 12.1. The van der Waals surface area contributed by atoms with E-state index >= 15 is 0 Å². The minimum absolute atomic E-state index is 0.0430. The van der Waals surface area contributed by atoms with Crippen molar-refractivity contribution in [3.05, 3.63) is 40.2 Å². The van der Waals surface area contributed by atoms with Gasteiger partial charge in [0.15, 0.2) is 0 Å². The molecule has 2 rings (SSSR count). The van der Waals surface area contributed by atoms with Crippen molar-refractivity contribution >= 4 is 22.6 Å². The van der Waals surface area contributed by atoms with Crippen molar-refractivity contribution in [1.29, 1.82) is 0 Å². The number of ether oxygens (including phenoxy) is 1. The number of nitrogens with zero attached hydrogens (tertiary/aromatic N) is 1. The Labute approximate surface area is 148 Å². The Morgan fingerprint density at radius 2 is 1.84 bits per heavy atom. The van der Waals surface area contributed by atoms with Crippen molar-refractivity contribution < 1.29 is 13.9 Å². The molecule has 1 aromatic heterocycles. The Morgan fingerprint density at radius 3 is 2.52 bits per heavy atom.